The van der Waals surface area contributed by atoms with E-state index < -0.39 is 17.4 Å². The van der Waals surface area contributed by atoms with E-state index in [0.29, 0.717) is 37.8 Å². The fraction of sp³-hybridized carbons (Fsp3) is 0.474. The Balaban J connectivity index is 1.40. The van der Waals surface area contributed by atoms with Crippen LogP contribution in [-0.2, 0) is 12.7 Å². The average molecular weight is 435 g/mol. The Bertz CT molecular complexity index is 1190. The second-order valence-electron chi connectivity index (χ2n) is 7.68. The van der Waals surface area contributed by atoms with Crippen molar-refractivity contribution in [3.05, 3.63) is 51.7 Å². The van der Waals surface area contributed by atoms with E-state index in [4.69, 9.17) is 0 Å². The van der Waals surface area contributed by atoms with E-state index in [0.717, 1.165) is 17.7 Å². The number of nitrogens with zero attached hydrogens (tertiary/aromatic N) is 7. The summed E-state index contributed by atoms with van der Waals surface area (Å²) in [5.41, 5.74) is -0.338. The first-order valence-electron chi connectivity index (χ1n) is 9.76. The highest BCUT2D eigenvalue weighted by molar-refractivity contribution is 5.90. The van der Waals surface area contributed by atoms with E-state index in [1.54, 1.807) is 4.90 Å². The van der Waals surface area contributed by atoms with Gasteiger partial charge in [-0.05, 0) is 38.7 Å². The van der Waals surface area contributed by atoms with Gasteiger partial charge in [-0.25, -0.2) is 14.5 Å². The van der Waals surface area contributed by atoms with Crippen molar-refractivity contribution in [2.45, 2.75) is 39.4 Å². The predicted octanol–water partition coefficient (Wildman–Crippen LogP) is 1.87. The van der Waals surface area contributed by atoms with Crippen LogP contribution in [0.3, 0.4) is 0 Å². The van der Waals surface area contributed by atoms with Crippen LogP contribution >= 0.6 is 0 Å². The molecular weight excluding hydrogens is 415 g/mol. The molecule has 1 aliphatic heterocycles. The smallest absolute Gasteiger partial charge is 0.336 e. The van der Waals surface area contributed by atoms with Crippen LogP contribution in [0.5, 0.6) is 0 Å². The maximum Gasteiger partial charge on any atom is 0.433 e. The Labute approximate surface area is 174 Å². The summed E-state index contributed by atoms with van der Waals surface area (Å²) in [4.78, 5) is 38.3. The highest BCUT2D eigenvalue weighted by atomic mass is 19.4. The number of hydrogen-bond donors (Lipinski definition) is 0. The zero-order valence-corrected chi connectivity index (χ0v) is 16.9. The number of rotatable bonds is 3. The van der Waals surface area contributed by atoms with Crippen molar-refractivity contribution in [3.63, 3.8) is 0 Å². The summed E-state index contributed by atoms with van der Waals surface area (Å²) in [6.07, 6.45) is -2.52. The van der Waals surface area contributed by atoms with Crippen molar-refractivity contribution in [2.24, 2.45) is 5.92 Å². The number of piperidine rings is 1. The Morgan fingerprint density at radius 2 is 1.87 bits per heavy atom. The van der Waals surface area contributed by atoms with Crippen molar-refractivity contribution >= 4 is 11.7 Å². The molecule has 1 aliphatic rings. The lowest BCUT2D eigenvalue weighted by Gasteiger charge is -2.31. The molecule has 0 aromatic carbocycles. The molecule has 3 aromatic rings. The highest BCUT2D eigenvalue weighted by Crippen LogP contribution is 2.26. The Hall–Kier alpha value is -3.31. The second kappa shape index (κ2) is 7.75. The molecule has 0 N–H and O–H groups in total. The maximum absolute atomic E-state index is 12.8. The first-order valence-corrected chi connectivity index (χ1v) is 9.76. The summed E-state index contributed by atoms with van der Waals surface area (Å²) in [5.74, 6) is 0.183. The molecule has 0 spiro atoms. The fourth-order valence-corrected chi connectivity index (χ4v) is 3.71. The standard InChI is InChI=1S/C19H20F3N7O2/c1-11-7-12(2)29-18(24-11)25-16(26-29)17(31)27-5-3-13(4-6-27)9-28-10-23-14(8-15(28)30)19(20,21)22/h7-8,10,13H,3-6,9H2,1-2H3. The number of fused-ring (bicyclic) bond motifs is 1. The summed E-state index contributed by atoms with van der Waals surface area (Å²) in [6, 6.07) is 2.35. The van der Waals surface area contributed by atoms with Crippen LogP contribution in [0.15, 0.2) is 23.3 Å². The number of halogens is 3. The lowest BCUT2D eigenvalue weighted by Crippen LogP contribution is -2.40. The van der Waals surface area contributed by atoms with E-state index in [1.807, 2.05) is 19.9 Å². The number of aromatic nitrogens is 6. The molecule has 0 atom stereocenters. The van der Waals surface area contributed by atoms with Crippen molar-refractivity contribution in [1.82, 2.24) is 34.0 Å². The molecular formula is C19H20F3N7O2. The van der Waals surface area contributed by atoms with Crippen LogP contribution in [0.2, 0.25) is 0 Å². The van der Waals surface area contributed by atoms with Crippen LogP contribution in [-0.4, -0.2) is 53.0 Å². The van der Waals surface area contributed by atoms with E-state index in [9.17, 15) is 22.8 Å². The van der Waals surface area contributed by atoms with Gasteiger partial charge >= 0.3 is 6.18 Å². The third-order valence-corrected chi connectivity index (χ3v) is 5.34. The molecule has 4 rings (SSSR count). The molecule has 31 heavy (non-hydrogen) atoms. The van der Waals surface area contributed by atoms with E-state index in [-0.39, 0.29) is 24.2 Å². The second-order valence-corrected chi connectivity index (χ2v) is 7.68. The van der Waals surface area contributed by atoms with Gasteiger partial charge in [0.25, 0.3) is 17.2 Å². The summed E-state index contributed by atoms with van der Waals surface area (Å²) < 4.78 is 40.7. The summed E-state index contributed by atoms with van der Waals surface area (Å²) in [7, 11) is 0. The minimum atomic E-state index is -4.65. The van der Waals surface area contributed by atoms with Crippen LogP contribution in [0, 0.1) is 19.8 Å². The van der Waals surface area contributed by atoms with Gasteiger partial charge in [0.1, 0.15) is 0 Å². The predicted molar refractivity (Wildman–Crippen MR) is 102 cm³/mol. The monoisotopic (exact) mass is 435 g/mol. The third-order valence-electron chi connectivity index (χ3n) is 5.34. The quantitative estimate of drug-likeness (QED) is 0.623. The van der Waals surface area contributed by atoms with E-state index >= 15 is 0 Å². The molecule has 0 saturated carbocycles. The molecule has 164 valence electrons. The van der Waals surface area contributed by atoms with Crippen LogP contribution < -0.4 is 5.56 Å². The van der Waals surface area contributed by atoms with Gasteiger partial charge in [-0.3, -0.25) is 14.2 Å². The molecule has 3 aromatic heterocycles. The lowest BCUT2D eigenvalue weighted by molar-refractivity contribution is -0.141. The first kappa shape index (κ1) is 20.9. The number of amides is 1. The number of carbonyl (C=O) groups is 1. The van der Waals surface area contributed by atoms with Gasteiger partial charge in [-0.1, -0.05) is 0 Å². The molecule has 1 fully saturated rings. The van der Waals surface area contributed by atoms with Gasteiger partial charge in [0.05, 0.1) is 6.33 Å². The number of aryl methyl sites for hydroxylation is 2. The van der Waals surface area contributed by atoms with Crippen molar-refractivity contribution in [3.8, 4) is 0 Å². The average Bonchev–Trinajstić information content (AvgIpc) is 3.13. The maximum atomic E-state index is 12.8. The zero-order valence-electron chi connectivity index (χ0n) is 16.9. The highest BCUT2D eigenvalue weighted by Gasteiger charge is 2.33. The topological polar surface area (TPSA) is 98.3 Å². The molecule has 0 unspecified atom stereocenters. The molecule has 12 heteroatoms. The largest absolute Gasteiger partial charge is 0.433 e. The van der Waals surface area contributed by atoms with Crippen molar-refractivity contribution < 1.29 is 18.0 Å². The number of alkyl halides is 3. The molecule has 0 bridgehead atoms. The van der Waals surface area contributed by atoms with Crippen LogP contribution in [0.25, 0.3) is 5.78 Å². The normalized spacial score (nSPS) is 15.6. The number of carbonyl (C=O) groups excluding carboxylic acids is 1. The number of likely N-dealkylation sites (tertiary alicyclic amines) is 1. The molecule has 0 aliphatic carbocycles. The van der Waals surface area contributed by atoms with Gasteiger partial charge in [-0.15, -0.1) is 5.10 Å². The summed E-state index contributed by atoms with van der Waals surface area (Å²) in [6.45, 7) is 4.82. The fourth-order valence-electron chi connectivity index (χ4n) is 3.71. The van der Waals surface area contributed by atoms with E-state index in [2.05, 4.69) is 20.1 Å². The molecule has 0 radical (unpaired) electrons. The lowest BCUT2D eigenvalue weighted by atomic mass is 9.96. The van der Waals surface area contributed by atoms with Crippen LogP contribution in [0.4, 0.5) is 13.2 Å². The SMILES string of the molecule is Cc1cc(C)n2nc(C(=O)N3CCC(Cn4cnc(C(F)(F)F)cc4=O)CC3)nc2n1. The summed E-state index contributed by atoms with van der Waals surface area (Å²) in [5, 5.41) is 4.26. The van der Waals surface area contributed by atoms with Gasteiger partial charge in [0.15, 0.2) is 5.69 Å². The van der Waals surface area contributed by atoms with Gasteiger partial charge in [-0.2, -0.15) is 18.2 Å². The third kappa shape index (κ3) is 4.28. The first-order chi connectivity index (χ1) is 14.6. The Kier molecular flexibility index (Phi) is 5.23. The van der Waals surface area contributed by atoms with Crippen molar-refractivity contribution in [1.29, 1.82) is 0 Å². The minimum absolute atomic E-state index is 0.0425. The van der Waals surface area contributed by atoms with Crippen LogP contribution in [0.1, 0.15) is 40.5 Å². The van der Waals surface area contributed by atoms with Crippen molar-refractivity contribution in [2.75, 3.05) is 13.1 Å². The Morgan fingerprint density at radius 1 is 1.16 bits per heavy atom. The Morgan fingerprint density at radius 3 is 2.52 bits per heavy atom. The minimum Gasteiger partial charge on any atom is -0.336 e. The van der Waals surface area contributed by atoms with Gasteiger partial charge < -0.3 is 4.90 Å². The summed E-state index contributed by atoms with van der Waals surface area (Å²) >= 11 is 0. The zero-order chi connectivity index (χ0) is 22.3. The van der Waals surface area contributed by atoms with Gasteiger partial charge in [0.2, 0.25) is 5.82 Å². The molecule has 9 nitrogen and oxygen atoms in total. The molecule has 1 saturated heterocycles. The van der Waals surface area contributed by atoms with E-state index in [1.165, 1.54) is 9.08 Å². The molecule has 1 amide bonds. The van der Waals surface area contributed by atoms with Gasteiger partial charge in [0, 0.05) is 37.1 Å². The molecule has 4 heterocycles. The number of hydrogen-bond acceptors (Lipinski definition) is 6.